The van der Waals surface area contributed by atoms with Crippen LogP contribution < -0.4 is 0 Å². The van der Waals surface area contributed by atoms with Crippen molar-refractivity contribution in [1.82, 2.24) is 0 Å². The van der Waals surface area contributed by atoms with Crippen molar-refractivity contribution in [2.45, 2.75) is 193 Å². The van der Waals surface area contributed by atoms with Gasteiger partial charge >= 0.3 is 19.8 Å². The maximum Gasteiger partial charge on any atom is 0.472 e. The molecule has 0 bridgehead atoms. The highest BCUT2D eigenvalue weighted by atomic mass is 31.2. The summed E-state index contributed by atoms with van der Waals surface area (Å²) in [6.45, 7) is 3.98. The molecule has 13 heteroatoms. The van der Waals surface area contributed by atoms with Gasteiger partial charge in [-0.1, -0.05) is 140 Å². The average Bonchev–Trinajstić information content (AvgIpc) is 3.50. The number of aliphatic hydroxyl groups is 2. The zero-order chi connectivity index (χ0) is 46.6. The van der Waals surface area contributed by atoms with Crippen LogP contribution in [0.2, 0.25) is 0 Å². The Morgan fingerprint density at radius 3 is 1.97 bits per heavy atom. The van der Waals surface area contributed by atoms with Crippen LogP contribution in [-0.4, -0.2) is 103 Å². The summed E-state index contributed by atoms with van der Waals surface area (Å²) in [7, 11) is 1.31. The van der Waals surface area contributed by atoms with E-state index in [2.05, 4.69) is 38.2 Å². The number of rotatable bonds is 40. The normalized spacial score (nSPS) is 19.2. The van der Waals surface area contributed by atoms with E-state index in [0.29, 0.717) is 43.1 Å². The second-order valence-corrected chi connectivity index (χ2v) is 19.7. The molecule has 0 radical (unpaired) electrons. The van der Waals surface area contributed by atoms with Crippen LogP contribution in [0, 0.1) is 11.8 Å². The molecule has 1 saturated carbocycles. The maximum absolute atomic E-state index is 12.8. The van der Waals surface area contributed by atoms with E-state index < -0.39 is 44.7 Å². The van der Waals surface area contributed by atoms with Crippen LogP contribution in [-0.2, 0) is 37.5 Å². The van der Waals surface area contributed by atoms with Crippen molar-refractivity contribution in [3.05, 3.63) is 48.6 Å². The molecule has 63 heavy (non-hydrogen) atoms. The van der Waals surface area contributed by atoms with E-state index in [4.69, 9.17) is 18.5 Å². The number of aliphatic hydroxyl groups excluding tert-OH is 2. The van der Waals surface area contributed by atoms with Crippen molar-refractivity contribution in [1.29, 1.82) is 0 Å². The first-order valence-electron chi connectivity index (χ1n) is 24.5. The van der Waals surface area contributed by atoms with E-state index in [1.807, 2.05) is 33.3 Å². The summed E-state index contributed by atoms with van der Waals surface area (Å²) < 4.78 is 34.3. The monoisotopic (exact) mass is 911 g/mol. The number of hydrogen-bond donors (Lipinski definition) is 3. The van der Waals surface area contributed by atoms with Crippen molar-refractivity contribution in [3.8, 4) is 0 Å². The Labute approximate surface area is 382 Å². The number of carbonyl (C=O) groups is 3. The molecule has 0 aromatic carbocycles. The first-order chi connectivity index (χ1) is 30.2. The minimum Gasteiger partial charge on any atom is -0.462 e. The largest absolute Gasteiger partial charge is 0.472 e. The van der Waals surface area contributed by atoms with Gasteiger partial charge in [0.25, 0.3) is 0 Å². The van der Waals surface area contributed by atoms with Gasteiger partial charge in [-0.15, -0.1) is 0 Å². The third-order valence-corrected chi connectivity index (χ3v) is 12.2. The Kier molecular flexibility index (Phi) is 34.2. The molecule has 1 fully saturated rings. The number of likely N-dealkylation sites (N-methyl/N-ethyl adjacent to an activating group) is 1. The number of unbranched alkanes of at least 4 members (excludes halogenated alkanes) is 15. The van der Waals surface area contributed by atoms with Crippen molar-refractivity contribution in [2.75, 3.05) is 47.5 Å². The van der Waals surface area contributed by atoms with Crippen LogP contribution in [0.1, 0.15) is 174 Å². The van der Waals surface area contributed by atoms with Gasteiger partial charge in [0.05, 0.1) is 40.0 Å². The SMILES string of the molecule is CCCCC/C=C\C/C=C\CCCCCCCCCCCC(=O)OC[C@H](COP(=O)(O)OCC[N+](C)(C)C)OC(=O)CCC/C=C\C[C@H]1C(=O)C[C@@H](O)[C@@H]1/C=C/[C@@H](O)CCCCC. The number of esters is 2. The third-order valence-electron chi connectivity index (χ3n) is 11.2. The molecule has 0 saturated heterocycles. The van der Waals surface area contributed by atoms with E-state index in [9.17, 15) is 34.1 Å². The van der Waals surface area contributed by atoms with Crippen LogP contribution in [0.5, 0.6) is 0 Å². The molecule has 1 rings (SSSR count). The van der Waals surface area contributed by atoms with Crippen molar-refractivity contribution in [2.24, 2.45) is 11.8 Å². The molecule has 0 amide bonds. The highest BCUT2D eigenvalue weighted by Crippen LogP contribution is 2.43. The summed E-state index contributed by atoms with van der Waals surface area (Å²) in [5.74, 6) is -1.73. The minimum atomic E-state index is -4.46. The van der Waals surface area contributed by atoms with Crippen LogP contribution in [0.4, 0.5) is 0 Å². The summed E-state index contributed by atoms with van der Waals surface area (Å²) in [5.41, 5.74) is 0. The second kappa shape index (κ2) is 36.7. The molecule has 364 valence electrons. The summed E-state index contributed by atoms with van der Waals surface area (Å²) in [5, 5.41) is 20.8. The van der Waals surface area contributed by atoms with E-state index >= 15 is 0 Å². The van der Waals surface area contributed by atoms with E-state index in [-0.39, 0.29) is 50.1 Å². The lowest BCUT2D eigenvalue weighted by Gasteiger charge is -2.24. The van der Waals surface area contributed by atoms with Gasteiger partial charge in [0.1, 0.15) is 25.5 Å². The van der Waals surface area contributed by atoms with Crippen molar-refractivity contribution >= 4 is 25.5 Å². The first kappa shape index (κ1) is 58.6. The van der Waals surface area contributed by atoms with Crippen LogP contribution in [0.3, 0.4) is 0 Å². The Balaban J connectivity index is 2.45. The van der Waals surface area contributed by atoms with Crippen LogP contribution >= 0.6 is 7.82 Å². The van der Waals surface area contributed by atoms with Crippen molar-refractivity contribution < 1.29 is 57.1 Å². The maximum atomic E-state index is 12.8. The number of ketones is 1. The van der Waals surface area contributed by atoms with E-state index in [1.165, 1.54) is 57.8 Å². The lowest BCUT2D eigenvalue weighted by molar-refractivity contribution is -0.870. The van der Waals surface area contributed by atoms with E-state index in [1.54, 1.807) is 12.2 Å². The van der Waals surface area contributed by atoms with Crippen LogP contribution in [0.15, 0.2) is 48.6 Å². The van der Waals surface area contributed by atoms with E-state index in [0.717, 1.165) is 51.4 Å². The number of quaternary nitrogens is 1. The molecule has 1 aliphatic rings. The number of phosphoric ester groups is 1. The average molecular weight is 911 g/mol. The fraction of sp³-hybridized carbons (Fsp3) is 0.780. The molecule has 0 spiro atoms. The number of allylic oxidation sites excluding steroid dienone is 6. The molecule has 12 nitrogen and oxygen atoms in total. The molecular formula is C50H89NO11P+. The second-order valence-electron chi connectivity index (χ2n) is 18.3. The zero-order valence-corrected chi connectivity index (χ0v) is 40.9. The smallest absolute Gasteiger partial charge is 0.462 e. The molecule has 1 unspecified atom stereocenters. The fourth-order valence-corrected chi connectivity index (χ4v) is 8.00. The van der Waals surface area contributed by atoms with Gasteiger partial charge in [0.15, 0.2) is 6.10 Å². The quantitative estimate of drug-likeness (QED) is 0.0176. The van der Waals surface area contributed by atoms with Crippen LogP contribution in [0.25, 0.3) is 0 Å². The van der Waals surface area contributed by atoms with Crippen molar-refractivity contribution in [3.63, 3.8) is 0 Å². The number of ether oxygens (including phenoxy) is 2. The lowest BCUT2D eigenvalue weighted by Crippen LogP contribution is -2.37. The predicted molar refractivity (Wildman–Crippen MR) is 253 cm³/mol. The Morgan fingerprint density at radius 2 is 1.32 bits per heavy atom. The summed E-state index contributed by atoms with van der Waals surface area (Å²) in [4.78, 5) is 48.3. The topological polar surface area (TPSA) is 166 Å². The molecular weight excluding hydrogens is 822 g/mol. The van der Waals surface area contributed by atoms with Gasteiger partial charge in [0, 0.05) is 31.1 Å². The van der Waals surface area contributed by atoms with Gasteiger partial charge < -0.3 is 29.1 Å². The molecule has 0 aromatic rings. The van der Waals surface area contributed by atoms with Gasteiger partial charge in [-0.05, 0) is 64.2 Å². The number of carbonyl (C=O) groups excluding carboxylic acids is 3. The van der Waals surface area contributed by atoms with Gasteiger partial charge in [0.2, 0.25) is 0 Å². The highest BCUT2D eigenvalue weighted by molar-refractivity contribution is 7.47. The number of nitrogens with zero attached hydrogens (tertiary/aromatic N) is 1. The molecule has 3 N–H and O–H groups in total. The molecule has 1 aliphatic carbocycles. The minimum absolute atomic E-state index is 0.00574. The van der Waals surface area contributed by atoms with Gasteiger partial charge in [-0.25, -0.2) is 4.57 Å². The fourth-order valence-electron chi connectivity index (χ4n) is 7.26. The summed E-state index contributed by atoms with van der Waals surface area (Å²) in [6, 6.07) is 0. The summed E-state index contributed by atoms with van der Waals surface area (Å²) in [6.07, 6.45) is 36.6. The number of Topliss-reactive ketones (excluding diaryl/α,β-unsaturated/α-hetero) is 1. The Hall–Kier alpha value is -2.44. The lowest BCUT2D eigenvalue weighted by atomic mass is 9.90. The first-order valence-corrected chi connectivity index (χ1v) is 26.0. The van der Waals surface area contributed by atoms with Gasteiger partial charge in [-0.3, -0.25) is 23.4 Å². The Morgan fingerprint density at radius 1 is 0.746 bits per heavy atom. The number of hydrogen-bond acceptors (Lipinski definition) is 10. The summed E-state index contributed by atoms with van der Waals surface area (Å²) >= 11 is 0. The highest BCUT2D eigenvalue weighted by Gasteiger charge is 2.39. The molecule has 0 aromatic heterocycles. The third kappa shape index (κ3) is 33.7. The standard InChI is InChI=1S/C50H88NO11P/c1-6-8-10-11-12-13-14-15-16-17-18-19-20-21-22-23-24-25-30-34-49(55)59-41-44(42-61-63(57,58)60-39-38-51(3,4)5)62-50(56)35-31-27-26-29-33-45-46(48(54)40-47(45)53)37-36-43(52)32-28-9-7-2/h12-13,15-16,26,29,36-37,43-46,48,52,54H,6-11,14,17-25,27-28,30-35,38-42H2,1-5H3/p+1/b13-12-,16-15-,29-26-,37-36+/t43-,44+,45+,46+,48+/m0/s1. The molecule has 0 aliphatic heterocycles. The van der Waals surface area contributed by atoms with Gasteiger partial charge in [-0.2, -0.15) is 0 Å². The molecule has 6 atom stereocenters. The Bertz CT molecular complexity index is 1370. The zero-order valence-electron chi connectivity index (χ0n) is 40.0. The molecule has 0 heterocycles. The number of phosphoric acid groups is 1. The predicted octanol–water partition coefficient (Wildman–Crippen LogP) is 10.8.